The summed E-state index contributed by atoms with van der Waals surface area (Å²) in [6.45, 7) is 7.14. The zero-order chi connectivity index (χ0) is 15.3. The van der Waals surface area contributed by atoms with Crippen molar-refractivity contribution in [1.82, 2.24) is 5.32 Å². The topological polar surface area (TPSA) is 12.0 Å². The molecule has 1 aromatic rings. The third-order valence-electron chi connectivity index (χ3n) is 3.41. The van der Waals surface area contributed by atoms with Crippen LogP contribution in [0, 0.1) is 0 Å². The molecule has 0 aromatic heterocycles. The number of rotatable bonds is 12. The third-order valence-corrected chi connectivity index (χ3v) is 5.11. The molecular formula is C18H28BrNS. The molecular weight excluding hydrogens is 342 g/mol. The van der Waals surface area contributed by atoms with E-state index < -0.39 is 0 Å². The summed E-state index contributed by atoms with van der Waals surface area (Å²) in [4.78, 5) is 1.35. The Morgan fingerprint density at radius 1 is 1.24 bits per heavy atom. The minimum atomic E-state index is 0.627. The van der Waals surface area contributed by atoms with Crippen molar-refractivity contribution in [2.45, 2.75) is 56.4 Å². The normalized spacial score (nSPS) is 12.3. The number of hydrogen-bond acceptors (Lipinski definition) is 2. The number of allylic oxidation sites excluding steroid dienone is 1. The summed E-state index contributed by atoms with van der Waals surface area (Å²) >= 11 is 5.44. The first kappa shape index (κ1) is 18.8. The first-order chi connectivity index (χ1) is 10.3. The number of unbranched alkanes of at least 4 members (excludes halogenated alkanes) is 3. The van der Waals surface area contributed by atoms with Gasteiger partial charge in [0.15, 0.2) is 0 Å². The van der Waals surface area contributed by atoms with Gasteiger partial charge in [0.25, 0.3) is 0 Å². The number of thioether (sulfide) groups is 1. The lowest BCUT2D eigenvalue weighted by molar-refractivity contribution is 0.490. The quantitative estimate of drug-likeness (QED) is 0.273. The number of nitrogens with one attached hydrogen (secondary N) is 1. The molecule has 0 heterocycles. The van der Waals surface area contributed by atoms with Crippen molar-refractivity contribution in [3.8, 4) is 0 Å². The van der Waals surface area contributed by atoms with Crippen LogP contribution in [0.25, 0.3) is 0 Å². The van der Waals surface area contributed by atoms with Crippen LogP contribution < -0.4 is 5.32 Å². The molecule has 118 valence electrons. The van der Waals surface area contributed by atoms with Gasteiger partial charge in [-0.25, -0.2) is 0 Å². The molecule has 1 rings (SSSR count). The predicted molar refractivity (Wildman–Crippen MR) is 100 cm³/mol. The molecule has 0 saturated heterocycles. The van der Waals surface area contributed by atoms with Crippen molar-refractivity contribution in [2.24, 2.45) is 0 Å². The number of hydrogen-bond donors (Lipinski definition) is 1. The van der Waals surface area contributed by atoms with E-state index in [1.807, 2.05) is 17.8 Å². The summed E-state index contributed by atoms with van der Waals surface area (Å²) in [5.74, 6) is 1.16. The molecule has 0 aliphatic carbocycles. The van der Waals surface area contributed by atoms with E-state index in [-0.39, 0.29) is 0 Å². The van der Waals surface area contributed by atoms with Gasteiger partial charge in [-0.1, -0.05) is 41.8 Å². The summed E-state index contributed by atoms with van der Waals surface area (Å²) in [5, 5.41) is 3.69. The fraction of sp³-hybridized carbons (Fsp3) is 0.556. The Morgan fingerprint density at radius 2 is 2.00 bits per heavy atom. The van der Waals surface area contributed by atoms with Crippen LogP contribution in [-0.2, 0) is 0 Å². The maximum Gasteiger partial charge on any atom is 0.0176 e. The van der Waals surface area contributed by atoms with E-state index >= 15 is 0 Å². The molecule has 0 aliphatic rings. The van der Waals surface area contributed by atoms with Gasteiger partial charge in [0.1, 0.15) is 0 Å². The van der Waals surface area contributed by atoms with Gasteiger partial charge in [-0.2, -0.15) is 0 Å². The molecule has 1 unspecified atom stereocenters. The van der Waals surface area contributed by atoms with Gasteiger partial charge in [0.05, 0.1) is 0 Å². The Labute approximate surface area is 143 Å². The first-order valence-electron chi connectivity index (χ1n) is 7.99. The molecule has 1 aromatic carbocycles. The van der Waals surface area contributed by atoms with E-state index in [0.29, 0.717) is 6.04 Å². The molecule has 0 saturated carbocycles. The van der Waals surface area contributed by atoms with E-state index in [9.17, 15) is 0 Å². The fourth-order valence-corrected chi connectivity index (χ4v) is 3.45. The van der Waals surface area contributed by atoms with Crippen LogP contribution in [0.2, 0.25) is 0 Å². The van der Waals surface area contributed by atoms with Crippen molar-refractivity contribution >= 4 is 27.7 Å². The van der Waals surface area contributed by atoms with Crippen molar-refractivity contribution < 1.29 is 0 Å². The number of halogens is 1. The van der Waals surface area contributed by atoms with Crippen molar-refractivity contribution in [1.29, 1.82) is 0 Å². The summed E-state index contributed by atoms with van der Waals surface area (Å²) < 4.78 is 1.15. The monoisotopic (exact) mass is 369 g/mol. The second-order valence-electron chi connectivity index (χ2n) is 5.34. The van der Waals surface area contributed by atoms with Crippen molar-refractivity contribution in [2.75, 3.05) is 12.3 Å². The Hall–Kier alpha value is -0.250. The van der Waals surface area contributed by atoms with Crippen LogP contribution in [0.4, 0.5) is 0 Å². The molecule has 0 amide bonds. The highest BCUT2D eigenvalue weighted by molar-refractivity contribution is 9.10. The van der Waals surface area contributed by atoms with Gasteiger partial charge in [-0.15, -0.1) is 18.3 Å². The van der Waals surface area contributed by atoms with Crippen molar-refractivity contribution in [3.63, 3.8) is 0 Å². The largest absolute Gasteiger partial charge is 0.313 e. The summed E-state index contributed by atoms with van der Waals surface area (Å²) in [5.41, 5.74) is 0. The maximum absolute atomic E-state index is 3.78. The Morgan fingerprint density at radius 3 is 2.67 bits per heavy atom. The SMILES string of the molecule is C=CCCCCCC(CSc1ccc(Br)cc1)NCCC. The minimum Gasteiger partial charge on any atom is -0.313 e. The molecule has 0 radical (unpaired) electrons. The van der Waals surface area contributed by atoms with Crippen LogP contribution in [-0.4, -0.2) is 18.3 Å². The Kier molecular flexibility index (Phi) is 11.0. The molecule has 0 spiro atoms. The third kappa shape index (κ3) is 9.38. The van der Waals surface area contributed by atoms with Gasteiger partial charge < -0.3 is 5.32 Å². The average Bonchev–Trinajstić information content (AvgIpc) is 2.50. The summed E-state index contributed by atoms with van der Waals surface area (Å²) in [7, 11) is 0. The zero-order valence-corrected chi connectivity index (χ0v) is 15.5. The first-order valence-corrected chi connectivity index (χ1v) is 9.76. The Bertz CT molecular complexity index is 377. The second-order valence-corrected chi connectivity index (χ2v) is 7.35. The highest BCUT2D eigenvalue weighted by atomic mass is 79.9. The number of benzene rings is 1. The lowest BCUT2D eigenvalue weighted by Gasteiger charge is -2.18. The zero-order valence-electron chi connectivity index (χ0n) is 13.1. The smallest absolute Gasteiger partial charge is 0.0176 e. The van der Waals surface area contributed by atoms with E-state index in [0.717, 1.165) is 23.2 Å². The van der Waals surface area contributed by atoms with Gasteiger partial charge in [-0.3, -0.25) is 0 Å². The van der Waals surface area contributed by atoms with Crippen LogP contribution in [0.3, 0.4) is 0 Å². The van der Waals surface area contributed by atoms with Gasteiger partial charge in [0.2, 0.25) is 0 Å². The van der Waals surface area contributed by atoms with E-state index in [2.05, 4.69) is 59.0 Å². The maximum atomic E-state index is 3.78. The predicted octanol–water partition coefficient (Wildman–Crippen LogP) is 6.05. The molecule has 0 fully saturated rings. The van der Waals surface area contributed by atoms with E-state index in [4.69, 9.17) is 0 Å². The molecule has 21 heavy (non-hydrogen) atoms. The summed E-state index contributed by atoms with van der Waals surface area (Å²) in [6, 6.07) is 9.24. The standard InChI is InChI=1S/C18H28BrNS/c1-3-5-6-7-8-9-17(20-14-4-2)15-21-18-12-10-16(19)11-13-18/h3,10-13,17,20H,1,4-9,14-15H2,2H3. The highest BCUT2D eigenvalue weighted by Crippen LogP contribution is 2.22. The second kappa shape index (κ2) is 12.3. The average molecular weight is 370 g/mol. The van der Waals surface area contributed by atoms with Crippen LogP contribution in [0.1, 0.15) is 45.4 Å². The molecule has 0 bridgehead atoms. The van der Waals surface area contributed by atoms with Crippen LogP contribution >= 0.6 is 27.7 Å². The molecule has 3 heteroatoms. The van der Waals surface area contributed by atoms with Gasteiger partial charge >= 0.3 is 0 Å². The van der Waals surface area contributed by atoms with Gasteiger partial charge in [0, 0.05) is 21.2 Å². The summed E-state index contributed by atoms with van der Waals surface area (Å²) in [6.07, 6.45) is 9.58. The lowest BCUT2D eigenvalue weighted by atomic mass is 10.1. The van der Waals surface area contributed by atoms with Gasteiger partial charge in [-0.05, 0) is 56.5 Å². The Balaban J connectivity index is 2.30. The molecule has 1 nitrogen and oxygen atoms in total. The molecule has 1 N–H and O–H groups in total. The van der Waals surface area contributed by atoms with E-state index in [1.165, 1.54) is 37.0 Å². The molecule has 1 atom stereocenters. The minimum absolute atomic E-state index is 0.627. The van der Waals surface area contributed by atoms with Crippen molar-refractivity contribution in [3.05, 3.63) is 41.4 Å². The van der Waals surface area contributed by atoms with E-state index in [1.54, 1.807) is 0 Å². The highest BCUT2D eigenvalue weighted by Gasteiger charge is 2.08. The fourth-order valence-electron chi connectivity index (χ4n) is 2.18. The molecule has 0 aliphatic heterocycles. The van der Waals surface area contributed by atoms with Crippen LogP contribution in [0.5, 0.6) is 0 Å². The lowest BCUT2D eigenvalue weighted by Crippen LogP contribution is -2.31. The van der Waals surface area contributed by atoms with Crippen LogP contribution in [0.15, 0.2) is 46.3 Å².